The maximum absolute atomic E-state index is 13.3. The first-order chi connectivity index (χ1) is 10.0. The monoisotopic (exact) mass is 312 g/mol. The second kappa shape index (κ2) is 7.57. The molecule has 0 amide bonds. The van der Waals surface area contributed by atoms with Gasteiger partial charge < -0.3 is 5.73 Å². The number of halogens is 2. The summed E-state index contributed by atoms with van der Waals surface area (Å²) in [6, 6.07) is 5.30. The molecule has 0 radical (unpaired) electrons. The van der Waals surface area contributed by atoms with Crippen LogP contribution in [0.15, 0.2) is 18.2 Å². The van der Waals surface area contributed by atoms with Gasteiger partial charge in [-0.1, -0.05) is 44.4 Å². The zero-order valence-electron chi connectivity index (χ0n) is 13.0. The van der Waals surface area contributed by atoms with Crippen LogP contribution in [-0.4, -0.2) is 24.0 Å². The molecule has 1 fully saturated rings. The molecule has 0 aliphatic heterocycles. The predicted molar refractivity (Wildman–Crippen MR) is 87.0 cm³/mol. The van der Waals surface area contributed by atoms with Gasteiger partial charge in [-0.2, -0.15) is 0 Å². The summed E-state index contributed by atoms with van der Waals surface area (Å²) in [6.07, 6.45) is 5.02. The highest BCUT2D eigenvalue weighted by atomic mass is 35.5. The van der Waals surface area contributed by atoms with Gasteiger partial charge in [0.05, 0.1) is 0 Å². The lowest BCUT2D eigenvalue weighted by Crippen LogP contribution is -2.42. The third kappa shape index (κ3) is 4.18. The number of nitrogens with two attached hydrogens (primary N) is 1. The van der Waals surface area contributed by atoms with Gasteiger partial charge in [-0.05, 0) is 36.5 Å². The Morgan fingerprint density at radius 2 is 2.00 bits per heavy atom. The summed E-state index contributed by atoms with van der Waals surface area (Å²) in [6.45, 7) is 5.96. The van der Waals surface area contributed by atoms with Gasteiger partial charge in [0, 0.05) is 30.2 Å². The van der Waals surface area contributed by atoms with E-state index in [2.05, 4.69) is 18.7 Å². The van der Waals surface area contributed by atoms with E-state index in [-0.39, 0.29) is 11.9 Å². The lowest BCUT2D eigenvalue weighted by Gasteiger charge is -2.37. The molecule has 1 atom stereocenters. The molecular formula is C17H26ClFN2. The number of hydrogen-bond donors (Lipinski definition) is 1. The van der Waals surface area contributed by atoms with Crippen LogP contribution in [0.2, 0.25) is 5.02 Å². The molecule has 0 spiro atoms. The van der Waals surface area contributed by atoms with E-state index in [4.69, 9.17) is 17.3 Å². The minimum absolute atomic E-state index is 0.0728. The topological polar surface area (TPSA) is 29.3 Å². The minimum atomic E-state index is -0.296. The first-order valence-electron chi connectivity index (χ1n) is 7.93. The van der Waals surface area contributed by atoms with Crippen molar-refractivity contribution < 1.29 is 4.39 Å². The maximum Gasteiger partial charge on any atom is 0.124 e. The fourth-order valence-corrected chi connectivity index (χ4v) is 3.69. The Kier molecular flexibility index (Phi) is 6.03. The molecule has 1 saturated carbocycles. The average Bonchev–Trinajstić information content (AvgIpc) is 2.94. The maximum atomic E-state index is 13.3. The summed E-state index contributed by atoms with van der Waals surface area (Å²) in [5.41, 5.74) is 7.01. The highest BCUT2D eigenvalue weighted by Crippen LogP contribution is 2.34. The molecule has 1 aromatic rings. The quantitative estimate of drug-likeness (QED) is 0.844. The van der Waals surface area contributed by atoms with Crippen molar-refractivity contribution in [3.05, 3.63) is 34.6 Å². The van der Waals surface area contributed by atoms with Gasteiger partial charge in [0.1, 0.15) is 5.82 Å². The lowest BCUT2D eigenvalue weighted by atomic mass is 10.00. The van der Waals surface area contributed by atoms with E-state index in [1.54, 1.807) is 6.07 Å². The van der Waals surface area contributed by atoms with E-state index >= 15 is 0 Å². The van der Waals surface area contributed by atoms with Gasteiger partial charge in [-0.3, -0.25) is 4.90 Å². The van der Waals surface area contributed by atoms with E-state index in [9.17, 15) is 4.39 Å². The number of benzene rings is 1. The normalized spacial score (nSPS) is 17.9. The Labute approximate surface area is 132 Å². The zero-order chi connectivity index (χ0) is 15.4. The zero-order valence-corrected chi connectivity index (χ0v) is 13.7. The van der Waals surface area contributed by atoms with Crippen molar-refractivity contribution >= 4 is 11.6 Å². The molecule has 21 heavy (non-hydrogen) atoms. The van der Waals surface area contributed by atoms with Gasteiger partial charge in [0.25, 0.3) is 0 Å². The molecule has 1 aromatic carbocycles. The van der Waals surface area contributed by atoms with Crippen LogP contribution >= 0.6 is 11.6 Å². The van der Waals surface area contributed by atoms with Crippen molar-refractivity contribution in [3.63, 3.8) is 0 Å². The summed E-state index contributed by atoms with van der Waals surface area (Å²) in [5.74, 6) is 0.273. The van der Waals surface area contributed by atoms with Gasteiger partial charge in [-0.25, -0.2) is 4.39 Å². The molecular weight excluding hydrogens is 287 g/mol. The SMILES string of the molecule is CC(C)CN(C1CCCC1)C(CN)c1ccc(F)cc1Cl. The van der Waals surface area contributed by atoms with Crippen molar-refractivity contribution in [2.75, 3.05) is 13.1 Å². The Balaban J connectivity index is 2.29. The van der Waals surface area contributed by atoms with Crippen molar-refractivity contribution in [1.29, 1.82) is 0 Å². The van der Waals surface area contributed by atoms with E-state index in [0.717, 1.165) is 12.1 Å². The van der Waals surface area contributed by atoms with Crippen molar-refractivity contribution in [2.24, 2.45) is 11.7 Å². The smallest absolute Gasteiger partial charge is 0.124 e. The van der Waals surface area contributed by atoms with Crippen LogP contribution < -0.4 is 5.73 Å². The first kappa shape index (κ1) is 16.7. The summed E-state index contributed by atoms with van der Waals surface area (Å²) >= 11 is 6.27. The second-order valence-electron chi connectivity index (χ2n) is 6.45. The lowest BCUT2D eigenvalue weighted by molar-refractivity contribution is 0.121. The Bertz CT molecular complexity index is 458. The van der Waals surface area contributed by atoms with Crippen LogP contribution in [0.1, 0.15) is 51.1 Å². The first-order valence-corrected chi connectivity index (χ1v) is 8.31. The molecule has 0 heterocycles. The van der Waals surface area contributed by atoms with Gasteiger partial charge >= 0.3 is 0 Å². The summed E-state index contributed by atoms with van der Waals surface area (Å²) in [7, 11) is 0. The Hall–Kier alpha value is -0.640. The van der Waals surface area contributed by atoms with Crippen molar-refractivity contribution in [1.82, 2.24) is 4.90 Å². The predicted octanol–water partition coefficient (Wildman–Crippen LogP) is 4.38. The molecule has 0 saturated heterocycles. The highest BCUT2D eigenvalue weighted by Gasteiger charge is 2.30. The van der Waals surface area contributed by atoms with E-state index in [1.165, 1.54) is 37.8 Å². The molecule has 2 N–H and O–H groups in total. The Morgan fingerprint density at radius 1 is 1.33 bits per heavy atom. The molecule has 0 aromatic heterocycles. The van der Waals surface area contributed by atoms with Crippen LogP contribution in [0, 0.1) is 11.7 Å². The number of nitrogens with zero attached hydrogens (tertiary/aromatic N) is 1. The number of hydrogen-bond acceptors (Lipinski definition) is 2. The number of rotatable bonds is 6. The summed E-state index contributed by atoms with van der Waals surface area (Å²) in [5, 5.41) is 0.484. The van der Waals surface area contributed by atoms with Gasteiger partial charge in [0.2, 0.25) is 0 Å². The highest BCUT2D eigenvalue weighted by molar-refractivity contribution is 6.31. The second-order valence-corrected chi connectivity index (χ2v) is 6.85. The van der Waals surface area contributed by atoms with Crippen LogP contribution in [-0.2, 0) is 0 Å². The molecule has 1 unspecified atom stereocenters. The standard InChI is InChI=1S/C17H26ClFN2/c1-12(2)11-21(14-5-3-4-6-14)17(10-20)15-8-7-13(19)9-16(15)18/h7-9,12,14,17H,3-6,10-11,20H2,1-2H3. The van der Waals surface area contributed by atoms with Crippen LogP contribution in [0.3, 0.4) is 0 Å². The Morgan fingerprint density at radius 3 is 2.52 bits per heavy atom. The minimum Gasteiger partial charge on any atom is -0.329 e. The summed E-state index contributed by atoms with van der Waals surface area (Å²) in [4.78, 5) is 2.50. The van der Waals surface area contributed by atoms with E-state index in [0.29, 0.717) is 23.5 Å². The summed E-state index contributed by atoms with van der Waals surface area (Å²) < 4.78 is 13.3. The fraction of sp³-hybridized carbons (Fsp3) is 0.647. The van der Waals surface area contributed by atoms with Crippen molar-refractivity contribution in [2.45, 2.75) is 51.6 Å². The average molecular weight is 313 g/mol. The molecule has 1 aliphatic carbocycles. The van der Waals surface area contributed by atoms with Gasteiger partial charge in [0.15, 0.2) is 0 Å². The third-order valence-electron chi connectivity index (χ3n) is 4.31. The van der Waals surface area contributed by atoms with Crippen LogP contribution in [0.25, 0.3) is 0 Å². The molecule has 4 heteroatoms. The molecule has 2 rings (SSSR count). The van der Waals surface area contributed by atoms with Crippen LogP contribution in [0.5, 0.6) is 0 Å². The van der Waals surface area contributed by atoms with E-state index in [1.807, 2.05) is 0 Å². The van der Waals surface area contributed by atoms with Crippen LogP contribution in [0.4, 0.5) is 4.39 Å². The van der Waals surface area contributed by atoms with Gasteiger partial charge in [-0.15, -0.1) is 0 Å². The third-order valence-corrected chi connectivity index (χ3v) is 4.64. The molecule has 1 aliphatic rings. The van der Waals surface area contributed by atoms with E-state index < -0.39 is 0 Å². The molecule has 118 valence electrons. The molecule has 0 bridgehead atoms. The molecule has 2 nitrogen and oxygen atoms in total. The van der Waals surface area contributed by atoms with Crippen molar-refractivity contribution in [3.8, 4) is 0 Å². The largest absolute Gasteiger partial charge is 0.329 e. The fourth-order valence-electron chi connectivity index (χ4n) is 3.40.